The number of benzene rings is 2. The predicted molar refractivity (Wildman–Crippen MR) is 122 cm³/mol. The van der Waals surface area contributed by atoms with Crippen LogP contribution in [0.5, 0.6) is 0 Å². The van der Waals surface area contributed by atoms with Gasteiger partial charge in [0.05, 0.1) is 16.3 Å². The van der Waals surface area contributed by atoms with Crippen molar-refractivity contribution in [2.24, 2.45) is 0 Å². The summed E-state index contributed by atoms with van der Waals surface area (Å²) in [5.74, 6) is -0.358. The first-order valence-electron chi connectivity index (χ1n) is 9.57. The average Bonchev–Trinajstić information content (AvgIpc) is 2.73. The predicted octanol–water partition coefficient (Wildman–Crippen LogP) is 4.70. The molecule has 7 nitrogen and oxygen atoms in total. The number of carbonyl (C=O) groups excluding carboxylic acids is 1. The molecule has 1 amide bonds. The Hall–Kier alpha value is -2.61. The SMILES string of the molecule is CCN1CCN(c2ccc(Cl)cc2NC(=O)/C=C/c2ccc(Cl)c([N+](=O)[O-])c2)CC1. The van der Waals surface area contributed by atoms with Gasteiger partial charge in [-0.05, 0) is 42.4 Å². The van der Waals surface area contributed by atoms with Gasteiger partial charge in [0.1, 0.15) is 5.02 Å². The number of amides is 1. The number of rotatable bonds is 6. The minimum Gasteiger partial charge on any atom is -0.367 e. The molecule has 1 aliphatic rings. The van der Waals surface area contributed by atoms with E-state index < -0.39 is 4.92 Å². The molecule has 3 rings (SSSR count). The molecule has 30 heavy (non-hydrogen) atoms. The summed E-state index contributed by atoms with van der Waals surface area (Å²) in [6.07, 6.45) is 2.83. The van der Waals surface area contributed by atoms with Crippen LogP contribution in [-0.2, 0) is 4.79 Å². The number of nitro benzene ring substituents is 1. The lowest BCUT2D eigenvalue weighted by Crippen LogP contribution is -2.46. The Morgan fingerprint density at radius 3 is 2.57 bits per heavy atom. The third kappa shape index (κ3) is 5.50. The van der Waals surface area contributed by atoms with Gasteiger partial charge in [-0.25, -0.2) is 0 Å². The van der Waals surface area contributed by atoms with Crippen molar-refractivity contribution < 1.29 is 9.72 Å². The van der Waals surface area contributed by atoms with Crippen LogP contribution in [0, 0.1) is 10.1 Å². The van der Waals surface area contributed by atoms with Crippen LogP contribution in [-0.4, -0.2) is 48.5 Å². The highest BCUT2D eigenvalue weighted by Gasteiger charge is 2.19. The Balaban J connectivity index is 1.74. The van der Waals surface area contributed by atoms with Crippen LogP contribution in [0.2, 0.25) is 10.0 Å². The molecular weight excluding hydrogens is 427 g/mol. The zero-order valence-electron chi connectivity index (χ0n) is 16.5. The maximum absolute atomic E-state index is 12.5. The lowest BCUT2D eigenvalue weighted by Gasteiger charge is -2.36. The van der Waals surface area contributed by atoms with E-state index in [1.807, 2.05) is 6.07 Å². The molecule has 158 valence electrons. The van der Waals surface area contributed by atoms with E-state index in [0.29, 0.717) is 16.3 Å². The zero-order chi connectivity index (χ0) is 21.7. The molecule has 1 fully saturated rings. The normalized spacial score (nSPS) is 14.8. The van der Waals surface area contributed by atoms with Crippen molar-refractivity contribution in [2.45, 2.75) is 6.92 Å². The van der Waals surface area contributed by atoms with Crippen LogP contribution in [0.1, 0.15) is 12.5 Å². The molecule has 1 heterocycles. The number of likely N-dealkylation sites (N-methyl/N-ethyl adjacent to an activating group) is 1. The summed E-state index contributed by atoms with van der Waals surface area (Å²) in [4.78, 5) is 27.5. The highest BCUT2D eigenvalue weighted by molar-refractivity contribution is 6.32. The number of carbonyl (C=O) groups is 1. The van der Waals surface area contributed by atoms with Gasteiger partial charge in [-0.1, -0.05) is 36.2 Å². The topological polar surface area (TPSA) is 78.7 Å². The van der Waals surface area contributed by atoms with E-state index in [9.17, 15) is 14.9 Å². The number of anilines is 2. The van der Waals surface area contributed by atoms with Crippen LogP contribution < -0.4 is 10.2 Å². The van der Waals surface area contributed by atoms with Gasteiger partial charge in [0, 0.05) is 43.3 Å². The molecule has 0 bridgehead atoms. The number of piperazine rings is 1. The lowest BCUT2D eigenvalue weighted by molar-refractivity contribution is -0.384. The van der Waals surface area contributed by atoms with Gasteiger partial charge in [-0.2, -0.15) is 0 Å². The summed E-state index contributed by atoms with van der Waals surface area (Å²) in [6.45, 7) is 6.81. The maximum atomic E-state index is 12.5. The van der Waals surface area contributed by atoms with E-state index in [1.54, 1.807) is 18.2 Å². The molecule has 0 atom stereocenters. The van der Waals surface area contributed by atoms with E-state index in [2.05, 4.69) is 22.0 Å². The third-order valence-corrected chi connectivity index (χ3v) is 5.53. The molecular formula is C21H22Cl2N4O3. The average molecular weight is 449 g/mol. The van der Waals surface area contributed by atoms with Gasteiger partial charge in [-0.15, -0.1) is 0 Å². The lowest BCUT2D eigenvalue weighted by atomic mass is 10.2. The minimum absolute atomic E-state index is 0.0494. The van der Waals surface area contributed by atoms with Gasteiger partial charge in [0.15, 0.2) is 0 Å². The second-order valence-electron chi connectivity index (χ2n) is 6.87. The number of nitrogens with zero attached hydrogens (tertiary/aromatic N) is 3. The molecule has 2 aromatic carbocycles. The van der Waals surface area contributed by atoms with Crippen molar-refractivity contribution in [3.63, 3.8) is 0 Å². The zero-order valence-corrected chi connectivity index (χ0v) is 18.0. The Kier molecular flexibility index (Phi) is 7.31. The second kappa shape index (κ2) is 9.93. The summed E-state index contributed by atoms with van der Waals surface area (Å²) in [7, 11) is 0. The largest absolute Gasteiger partial charge is 0.367 e. The summed E-state index contributed by atoms with van der Waals surface area (Å²) in [5, 5.41) is 14.5. The first-order chi connectivity index (χ1) is 14.4. The van der Waals surface area contributed by atoms with Crippen LogP contribution in [0.25, 0.3) is 6.08 Å². The smallest absolute Gasteiger partial charge is 0.288 e. The number of hydrogen-bond donors (Lipinski definition) is 1. The quantitative estimate of drug-likeness (QED) is 0.393. The summed E-state index contributed by atoms with van der Waals surface area (Å²) >= 11 is 12.0. The van der Waals surface area contributed by atoms with Crippen molar-refractivity contribution in [1.82, 2.24) is 4.90 Å². The second-order valence-corrected chi connectivity index (χ2v) is 7.72. The highest BCUT2D eigenvalue weighted by Crippen LogP contribution is 2.30. The van der Waals surface area contributed by atoms with Crippen LogP contribution >= 0.6 is 23.2 Å². The van der Waals surface area contributed by atoms with Gasteiger partial charge in [0.2, 0.25) is 5.91 Å². The monoisotopic (exact) mass is 448 g/mol. The first kappa shape index (κ1) is 22.1. The molecule has 2 aromatic rings. The molecule has 0 spiro atoms. The molecule has 0 aromatic heterocycles. The Morgan fingerprint density at radius 1 is 1.17 bits per heavy atom. The van der Waals surface area contributed by atoms with Crippen molar-refractivity contribution >= 4 is 52.2 Å². The fraction of sp³-hybridized carbons (Fsp3) is 0.286. The molecule has 1 saturated heterocycles. The van der Waals surface area contributed by atoms with E-state index in [1.165, 1.54) is 24.3 Å². The van der Waals surface area contributed by atoms with E-state index in [-0.39, 0.29) is 16.6 Å². The Bertz CT molecular complexity index is 973. The molecule has 0 saturated carbocycles. The first-order valence-corrected chi connectivity index (χ1v) is 10.3. The number of hydrogen-bond acceptors (Lipinski definition) is 5. The third-order valence-electron chi connectivity index (χ3n) is 4.97. The van der Waals surface area contributed by atoms with E-state index in [4.69, 9.17) is 23.2 Å². The summed E-state index contributed by atoms with van der Waals surface area (Å²) in [5.41, 5.74) is 1.84. The van der Waals surface area contributed by atoms with Crippen molar-refractivity contribution in [2.75, 3.05) is 42.9 Å². The Morgan fingerprint density at radius 2 is 1.90 bits per heavy atom. The molecule has 1 N–H and O–H groups in total. The van der Waals surface area contributed by atoms with Crippen molar-refractivity contribution in [3.05, 3.63) is 68.2 Å². The Labute approximate surface area is 185 Å². The van der Waals surface area contributed by atoms with Crippen LogP contribution in [0.15, 0.2) is 42.5 Å². The highest BCUT2D eigenvalue weighted by atomic mass is 35.5. The number of nitro groups is 1. The summed E-state index contributed by atoms with van der Waals surface area (Å²) < 4.78 is 0. The fourth-order valence-electron chi connectivity index (χ4n) is 3.31. The van der Waals surface area contributed by atoms with Crippen molar-refractivity contribution in [3.8, 4) is 0 Å². The molecule has 9 heteroatoms. The molecule has 0 aliphatic carbocycles. The van der Waals surface area contributed by atoms with E-state index in [0.717, 1.165) is 38.4 Å². The van der Waals surface area contributed by atoms with Gasteiger partial charge < -0.3 is 15.1 Å². The minimum atomic E-state index is -0.559. The van der Waals surface area contributed by atoms with Gasteiger partial charge in [-0.3, -0.25) is 14.9 Å². The fourth-order valence-corrected chi connectivity index (χ4v) is 3.67. The van der Waals surface area contributed by atoms with Gasteiger partial charge >= 0.3 is 0 Å². The van der Waals surface area contributed by atoms with Crippen LogP contribution in [0.3, 0.4) is 0 Å². The van der Waals surface area contributed by atoms with Crippen molar-refractivity contribution in [1.29, 1.82) is 0 Å². The molecule has 0 radical (unpaired) electrons. The molecule has 0 unspecified atom stereocenters. The van der Waals surface area contributed by atoms with Gasteiger partial charge in [0.25, 0.3) is 5.69 Å². The summed E-state index contributed by atoms with van der Waals surface area (Å²) in [6, 6.07) is 9.80. The van der Waals surface area contributed by atoms with E-state index >= 15 is 0 Å². The van der Waals surface area contributed by atoms with Crippen LogP contribution in [0.4, 0.5) is 17.1 Å². The molecule has 1 aliphatic heterocycles. The maximum Gasteiger partial charge on any atom is 0.288 e. The number of nitrogens with one attached hydrogen (secondary N) is 1. The standard InChI is InChI=1S/C21H22Cl2N4O3/c1-2-25-9-11-26(12-10-25)19-7-5-16(22)14-18(19)24-21(28)8-4-15-3-6-17(23)20(13-15)27(29)30/h3-8,13-14H,2,9-12H2,1H3,(H,24,28)/b8-4+. The number of halogens is 2.